The number of rotatable bonds is 3. The summed E-state index contributed by atoms with van der Waals surface area (Å²) in [7, 11) is 0. The molecule has 0 spiro atoms. The minimum absolute atomic E-state index is 0.0401. The van der Waals surface area contributed by atoms with Crippen molar-refractivity contribution in [3.63, 3.8) is 0 Å². The van der Waals surface area contributed by atoms with Crippen LogP contribution in [0.5, 0.6) is 11.5 Å². The third kappa shape index (κ3) is 3.26. The number of nitrogen functional groups attached to an aromatic ring is 1. The zero-order chi connectivity index (χ0) is 14.5. The van der Waals surface area contributed by atoms with Crippen LogP contribution < -0.4 is 15.2 Å². The van der Waals surface area contributed by atoms with Crippen LogP contribution in [-0.2, 0) is 0 Å². The third-order valence-electron chi connectivity index (χ3n) is 2.40. The van der Waals surface area contributed by atoms with Gasteiger partial charge in [-0.25, -0.2) is 9.59 Å². The topological polar surface area (TPSA) is 98.9 Å². The molecule has 0 radical (unpaired) electrons. The van der Waals surface area contributed by atoms with Crippen LogP contribution in [0.1, 0.15) is 10.4 Å². The summed E-state index contributed by atoms with van der Waals surface area (Å²) >= 11 is 0. The van der Waals surface area contributed by atoms with Crippen LogP contribution >= 0.6 is 0 Å². The highest BCUT2D eigenvalue weighted by Crippen LogP contribution is 2.23. The number of hydrogen-bond donors (Lipinski definition) is 2. The normalized spacial score (nSPS) is 9.80. The molecule has 0 heterocycles. The zero-order valence-corrected chi connectivity index (χ0v) is 10.3. The average Bonchev–Trinajstić information content (AvgIpc) is 2.42. The first-order valence-electron chi connectivity index (χ1n) is 5.64. The highest BCUT2D eigenvalue weighted by Gasteiger charge is 2.13. The number of para-hydroxylation sites is 1. The Balaban J connectivity index is 2.11. The molecule has 102 valence electrons. The van der Waals surface area contributed by atoms with Crippen molar-refractivity contribution in [3.05, 3.63) is 54.1 Å². The molecule has 0 saturated carbocycles. The van der Waals surface area contributed by atoms with Gasteiger partial charge >= 0.3 is 12.1 Å². The maximum Gasteiger partial charge on any atom is 0.519 e. The lowest BCUT2D eigenvalue weighted by Crippen LogP contribution is -2.15. The lowest BCUT2D eigenvalue weighted by Gasteiger charge is -2.08. The monoisotopic (exact) mass is 273 g/mol. The Bertz CT molecular complexity index is 639. The summed E-state index contributed by atoms with van der Waals surface area (Å²) in [5.74, 6) is -0.900. The summed E-state index contributed by atoms with van der Waals surface area (Å²) in [6.07, 6.45) is -0.995. The number of carbonyl (C=O) groups is 2. The molecule has 3 N–H and O–H groups in total. The van der Waals surface area contributed by atoms with E-state index in [1.807, 2.05) is 0 Å². The van der Waals surface area contributed by atoms with Gasteiger partial charge in [0.1, 0.15) is 5.75 Å². The van der Waals surface area contributed by atoms with Crippen molar-refractivity contribution in [2.75, 3.05) is 5.73 Å². The molecule has 6 heteroatoms. The van der Waals surface area contributed by atoms with E-state index in [4.69, 9.17) is 20.3 Å². The van der Waals surface area contributed by atoms with E-state index in [1.54, 1.807) is 30.3 Å². The van der Waals surface area contributed by atoms with Crippen molar-refractivity contribution in [1.82, 2.24) is 0 Å². The molecular formula is C14H11NO5. The van der Waals surface area contributed by atoms with E-state index in [0.29, 0.717) is 5.75 Å². The van der Waals surface area contributed by atoms with E-state index in [1.165, 1.54) is 12.1 Å². The summed E-state index contributed by atoms with van der Waals surface area (Å²) in [5.41, 5.74) is 5.70. The highest BCUT2D eigenvalue weighted by atomic mass is 16.7. The summed E-state index contributed by atoms with van der Waals surface area (Å²) in [5, 5.41) is 8.86. The predicted molar refractivity (Wildman–Crippen MR) is 70.9 cm³/mol. The van der Waals surface area contributed by atoms with E-state index in [2.05, 4.69) is 0 Å². The predicted octanol–water partition coefficient (Wildman–Crippen LogP) is 2.54. The van der Waals surface area contributed by atoms with Crippen LogP contribution in [0, 0.1) is 0 Å². The lowest BCUT2D eigenvalue weighted by atomic mass is 10.2. The van der Waals surface area contributed by atoms with Gasteiger partial charge in [-0.05, 0) is 30.3 Å². The van der Waals surface area contributed by atoms with Crippen LogP contribution in [0.25, 0.3) is 0 Å². The largest absolute Gasteiger partial charge is 0.519 e. The summed E-state index contributed by atoms with van der Waals surface area (Å²) in [4.78, 5) is 22.4. The molecule has 0 unspecified atom stereocenters. The molecule has 2 aromatic carbocycles. The van der Waals surface area contributed by atoms with Crippen LogP contribution in [0.4, 0.5) is 10.5 Å². The van der Waals surface area contributed by atoms with Gasteiger partial charge in [0.2, 0.25) is 0 Å². The number of carboxylic acid groups (broad SMARTS) is 1. The minimum Gasteiger partial charge on any atom is -0.478 e. The van der Waals surface area contributed by atoms with Gasteiger partial charge in [0, 0.05) is 0 Å². The number of hydrogen-bond acceptors (Lipinski definition) is 5. The Kier molecular flexibility index (Phi) is 3.85. The SMILES string of the molecule is Nc1ccc(C(=O)O)cc1OC(=O)Oc1ccccc1. The Morgan fingerprint density at radius 2 is 1.70 bits per heavy atom. The molecule has 0 aromatic heterocycles. The molecule has 0 saturated heterocycles. The number of anilines is 1. The molecule has 20 heavy (non-hydrogen) atoms. The fourth-order valence-corrected chi connectivity index (χ4v) is 1.45. The highest BCUT2D eigenvalue weighted by molar-refractivity contribution is 5.89. The number of ether oxygens (including phenoxy) is 2. The van der Waals surface area contributed by atoms with E-state index < -0.39 is 12.1 Å². The van der Waals surface area contributed by atoms with Crippen LogP contribution in [0.3, 0.4) is 0 Å². The number of carbonyl (C=O) groups excluding carboxylic acids is 1. The second-order valence-electron chi connectivity index (χ2n) is 3.82. The summed E-state index contributed by atoms with van der Waals surface area (Å²) < 4.78 is 9.80. The number of aromatic carboxylic acids is 1. The standard InChI is InChI=1S/C14H11NO5/c15-11-7-6-9(13(16)17)8-12(11)20-14(18)19-10-4-2-1-3-5-10/h1-8H,15H2,(H,16,17). The molecule has 2 rings (SSSR count). The van der Waals surface area contributed by atoms with Gasteiger partial charge in [-0.3, -0.25) is 0 Å². The minimum atomic E-state index is -1.15. The lowest BCUT2D eigenvalue weighted by molar-refractivity contribution is 0.0696. The van der Waals surface area contributed by atoms with E-state index in [-0.39, 0.29) is 17.0 Å². The molecule has 0 atom stereocenters. The first kappa shape index (κ1) is 13.4. The van der Waals surface area contributed by atoms with Gasteiger partial charge < -0.3 is 20.3 Å². The Morgan fingerprint density at radius 1 is 1.00 bits per heavy atom. The van der Waals surface area contributed by atoms with Gasteiger partial charge in [0.25, 0.3) is 0 Å². The molecule has 0 bridgehead atoms. The quantitative estimate of drug-likeness (QED) is 0.506. The smallest absolute Gasteiger partial charge is 0.478 e. The second kappa shape index (κ2) is 5.75. The Morgan fingerprint density at radius 3 is 2.35 bits per heavy atom. The van der Waals surface area contributed by atoms with Crippen molar-refractivity contribution in [1.29, 1.82) is 0 Å². The fourth-order valence-electron chi connectivity index (χ4n) is 1.45. The summed E-state index contributed by atoms with van der Waals surface area (Å²) in [6, 6.07) is 12.1. The molecule has 0 fully saturated rings. The molecule has 0 amide bonds. The Hall–Kier alpha value is -3.02. The molecule has 0 aliphatic rings. The maximum atomic E-state index is 11.6. The van der Waals surface area contributed by atoms with Crippen molar-refractivity contribution < 1.29 is 24.2 Å². The van der Waals surface area contributed by atoms with Gasteiger partial charge in [-0.1, -0.05) is 18.2 Å². The molecular weight excluding hydrogens is 262 g/mol. The fraction of sp³-hybridized carbons (Fsp3) is 0. The number of carboxylic acids is 1. The van der Waals surface area contributed by atoms with Crippen molar-refractivity contribution >= 4 is 17.8 Å². The second-order valence-corrected chi connectivity index (χ2v) is 3.82. The van der Waals surface area contributed by atoms with Crippen molar-refractivity contribution in [2.24, 2.45) is 0 Å². The average molecular weight is 273 g/mol. The van der Waals surface area contributed by atoms with Crippen LogP contribution in [0.15, 0.2) is 48.5 Å². The zero-order valence-electron chi connectivity index (χ0n) is 10.3. The van der Waals surface area contributed by atoms with Gasteiger partial charge in [0.05, 0.1) is 11.3 Å². The number of nitrogens with two attached hydrogens (primary N) is 1. The molecule has 6 nitrogen and oxygen atoms in total. The van der Waals surface area contributed by atoms with E-state index in [0.717, 1.165) is 6.07 Å². The van der Waals surface area contributed by atoms with Crippen LogP contribution in [-0.4, -0.2) is 17.2 Å². The maximum absolute atomic E-state index is 11.6. The van der Waals surface area contributed by atoms with Gasteiger partial charge in [0.15, 0.2) is 5.75 Å². The van der Waals surface area contributed by atoms with Crippen molar-refractivity contribution in [2.45, 2.75) is 0 Å². The molecule has 0 aliphatic heterocycles. The van der Waals surface area contributed by atoms with E-state index >= 15 is 0 Å². The Labute approximate surface area is 114 Å². The first-order valence-corrected chi connectivity index (χ1v) is 5.64. The molecule has 0 aliphatic carbocycles. The van der Waals surface area contributed by atoms with Gasteiger partial charge in [-0.2, -0.15) is 0 Å². The third-order valence-corrected chi connectivity index (χ3v) is 2.40. The number of benzene rings is 2. The molecule has 2 aromatic rings. The first-order chi connectivity index (χ1) is 9.56. The van der Waals surface area contributed by atoms with Crippen LogP contribution in [0.2, 0.25) is 0 Å². The summed E-state index contributed by atoms with van der Waals surface area (Å²) in [6.45, 7) is 0. The van der Waals surface area contributed by atoms with Gasteiger partial charge in [-0.15, -0.1) is 0 Å². The van der Waals surface area contributed by atoms with E-state index in [9.17, 15) is 9.59 Å². The van der Waals surface area contributed by atoms with Crippen molar-refractivity contribution in [3.8, 4) is 11.5 Å².